The molecule has 0 aliphatic rings. The van der Waals surface area contributed by atoms with Crippen LogP contribution in [-0.2, 0) is 6.42 Å². The maximum atomic E-state index is 3.50. The largest absolute Gasteiger partial charge is 0.316 e. The predicted molar refractivity (Wildman–Crippen MR) is 83.0 cm³/mol. The summed E-state index contributed by atoms with van der Waals surface area (Å²) < 4.78 is 1.16. The van der Waals surface area contributed by atoms with Gasteiger partial charge in [0.05, 0.1) is 0 Å². The first-order valence-electron chi connectivity index (χ1n) is 6.84. The second-order valence-corrected chi connectivity index (χ2v) is 6.00. The molecular formula is C15H25BrN2. The molecule has 0 bridgehead atoms. The fraction of sp³-hybridized carbons (Fsp3) is 0.600. The van der Waals surface area contributed by atoms with Gasteiger partial charge in [0, 0.05) is 4.47 Å². The van der Waals surface area contributed by atoms with Gasteiger partial charge in [-0.25, -0.2) is 0 Å². The zero-order valence-corrected chi connectivity index (χ0v) is 13.1. The Hall–Kier alpha value is -0.380. The molecule has 1 aromatic carbocycles. The van der Waals surface area contributed by atoms with Crippen LogP contribution in [0.25, 0.3) is 0 Å². The van der Waals surface area contributed by atoms with Crippen molar-refractivity contribution in [1.29, 1.82) is 0 Å². The topological polar surface area (TPSA) is 24.1 Å². The molecule has 18 heavy (non-hydrogen) atoms. The number of halogens is 1. The van der Waals surface area contributed by atoms with E-state index < -0.39 is 0 Å². The molecule has 0 saturated heterocycles. The average Bonchev–Trinajstić information content (AvgIpc) is 2.32. The molecule has 0 spiro atoms. The zero-order valence-electron chi connectivity index (χ0n) is 11.5. The molecule has 0 fully saturated rings. The van der Waals surface area contributed by atoms with Crippen molar-refractivity contribution in [3.8, 4) is 0 Å². The smallest absolute Gasteiger partial charge is 0.0178 e. The Kier molecular flexibility index (Phi) is 8.31. The Morgan fingerprint density at radius 3 is 2.61 bits per heavy atom. The van der Waals surface area contributed by atoms with Gasteiger partial charge >= 0.3 is 0 Å². The Labute approximate surface area is 120 Å². The summed E-state index contributed by atoms with van der Waals surface area (Å²) in [5.41, 5.74) is 1.38. The number of hydrogen-bond acceptors (Lipinski definition) is 2. The van der Waals surface area contributed by atoms with Gasteiger partial charge in [-0.1, -0.05) is 41.9 Å². The van der Waals surface area contributed by atoms with E-state index in [1.54, 1.807) is 0 Å². The molecule has 0 aliphatic carbocycles. The molecule has 2 N–H and O–H groups in total. The molecule has 0 aliphatic heterocycles. The normalized spacial score (nSPS) is 11.1. The standard InChI is InChI=1S/C15H25BrN2/c1-13(2)12-18-9-4-8-17-10-7-14-5-3-6-15(16)11-14/h3,5-6,11,13,17-18H,4,7-10,12H2,1-2H3. The first-order valence-corrected chi connectivity index (χ1v) is 7.63. The molecular weight excluding hydrogens is 288 g/mol. The molecule has 2 nitrogen and oxygen atoms in total. The van der Waals surface area contributed by atoms with Gasteiger partial charge in [0.25, 0.3) is 0 Å². The summed E-state index contributed by atoms with van der Waals surface area (Å²) in [5, 5.41) is 6.94. The second kappa shape index (κ2) is 9.54. The minimum atomic E-state index is 0.745. The number of rotatable bonds is 9. The van der Waals surface area contributed by atoms with Crippen molar-refractivity contribution < 1.29 is 0 Å². The highest BCUT2D eigenvalue weighted by molar-refractivity contribution is 9.10. The lowest BCUT2D eigenvalue weighted by Crippen LogP contribution is -2.25. The van der Waals surface area contributed by atoms with Crippen LogP contribution in [0.5, 0.6) is 0 Å². The lowest BCUT2D eigenvalue weighted by molar-refractivity contribution is 0.531. The molecule has 102 valence electrons. The van der Waals surface area contributed by atoms with E-state index in [1.165, 1.54) is 12.0 Å². The van der Waals surface area contributed by atoms with Crippen molar-refractivity contribution >= 4 is 15.9 Å². The Morgan fingerprint density at radius 2 is 1.89 bits per heavy atom. The van der Waals surface area contributed by atoms with E-state index in [0.717, 1.165) is 43.0 Å². The van der Waals surface area contributed by atoms with Gasteiger partial charge in [-0.15, -0.1) is 0 Å². The van der Waals surface area contributed by atoms with E-state index in [0.29, 0.717) is 0 Å². The Morgan fingerprint density at radius 1 is 1.11 bits per heavy atom. The quantitative estimate of drug-likeness (QED) is 0.684. The summed E-state index contributed by atoms with van der Waals surface area (Å²) in [4.78, 5) is 0. The summed E-state index contributed by atoms with van der Waals surface area (Å²) in [5.74, 6) is 0.745. The third kappa shape index (κ3) is 7.85. The number of hydrogen-bond donors (Lipinski definition) is 2. The lowest BCUT2D eigenvalue weighted by atomic mass is 10.1. The molecule has 0 aromatic heterocycles. The van der Waals surface area contributed by atoms with Gasteiger partial charge in [0.1, 0.15) is 0 Å². The maximum Gasteiger partial charge on any atom is 0.0178 e. The molecule has 0 unspecified atom stereocenters. The van der Waals surface area contributed by atoms with Crippen LogP contribution in [0, 0.1) is 5.92 Å². The van der Waals surface area contributed by atoms with Crippen molar-refractivity contribution in [2.24, 2.45) is 5.92 Å². The highest BCUT2D eigenvalue weighted by atomic mass is 79.9. The van der Waals surface area contributed by atoms with Gasteiger partial charge in [-0.05, 0) is 62.6 Å². The lowest BCUT2D eigenvalue weighted by Gasteiger charge is -2.08. The van der Waals surface area contributed by atoms with Crippen LogP contribution >= 0.6 is 15.9 Å². The summed E-state index contributed by atoms with van der Waals surface area (Å²) in [6.45, 7) is 8.87. The van der Waals surface area contributed by atoms with Gasteiger partial charge in [0.2, 0.25) is 0 Å². The fourth-order valence-electron chi connectivity index (χ4n) is 1.78. The molecule has 1 rings (SSSR count). The Bertz CT molecular complexity index is 326. The van der Waals surface area contributed by atoms with E-state index in [4.69, 9.17) is 0 Å². The van der Waals surface area contributed by atoms with Gasteiger partial charge in [-0.2, -0.15) is 0 Å². The highest BCUT2D eigenvalue weighted by Crippen LogP contribution is 2.11. The molecule has 0 amide bonds. The third-order valence-corrected chi connectivity index (χ3v) is 3.23. The van der Waals surface area contributed by atoms with E-state index >= 15 is 0 Å². The van der Waals surface area contributed by atoms with Crippen LogP contribution in [0.15, 0.2) is 28.7 Å². The van der Waals surface area contributed by atoms with E-state index in [1.807, 2.05) is 0 Å². The van der Waals surface area contributed by atoms with Crippen LogP contribution in [0.1, 0.15) is 25.8 Å². The molecule has 0 saturated carbocycles. The van der Waals surface area contributed by atoms with Crippen LogP contribution < -0.4 is 10.6 Å². The SMILES string of the molecule is CC(C)CNCCCNCCc1cccc(Br)c1. The molecule has 0 radical (unpaired) electrons. The Balaban J connectivity index is 1.96. The van der Waals surface area contributed by atoms with E-state index in [2.05, 4.69) is 64.7 Å². The summed E-state index contributed by atoms with van der Waals surface area (Å²) >= 11 is 3.50. The maximum absolute atomic E-state index is 3.50. The fourth-order valence-corrected chi connectivity index (χ4v) is 2.23. The van der Waals surface area contributed by atoms with Crippen molar-refractivity contribution in [2.45, 2.75) is 26.7 Å². The van der Waals surface area contributed by atoms with Crippen molar-refractivity contribution in [2.75, 3.05) is 26.2 Å². The van der Waals surface area contributed by atoms with Gasteiger partial charge in [0.15, 0.2) is 0 Å². The first kappa shape index (κ1) is 15.7. The predicted octanol–water partition coefficient (Wildman–Crippen LogP) is 3.22. The van der Waals surface area contributed by atoms with Crippen LogP contribution in [-0.4, -0.2) is 26.2 Å². The zero-order chi connectivity index (χ0) is 13.2. The third-order valence-electron chi connectivity index (χ3n) is 2.74. The van der Waals surface area contributed by atoms with Crippen molar-refractivity contribution in [1.82, 2.24) is 10.6 Å². The second-order valence-electron chi connectivity index (χ2n) is 5.08. The van der Waals surface area contributed by atoms with E-state index in [-0.39, 0.29) is 0 Å². The van der Waals surface area contributed by atoms with Crippen LogP contribution in [0.3, 0.4) is 0 Å². The van der Waals surface area contributed by atoms with E-state index in [9.17, 15) is 0 Å². The van der Waals surface area contributed by atoms with Crippen molar-refractivity contribution in [3.05, 3.63) is 34.3 Å². The molecule has 3 heteroatoms. The summed E-state index contributed by atoms with van der Waals surface area (Å²) in [6, 6.07) is 8.52. The van der Waals surface area contributed by atoms with Crippen LogP contribution in [0.4, 0.5) is 0 Å². The van der Waals surface area contributed by atoms with Crippen molar-refractivity contribution in [3.63, 3.8) is 0 Å². The molecule has 1 aromatic rings. The van der Waals surface area contributed by atoms with Gasteiger partial charge < -0.3 is 10.6 Å². The minimum Gasteiger partial charge on any atom is -0.316 e. The summed E-state index contributed by atoms with van der Waals surface area (Å²) in [6.07, 6.45) is 2.30. The minimum absolute atomic E-state index is 0.745. The van der Waals surface area contributed by atoms with Crippen LogP contribution in [0.2, 0.25) is 0 Å². The molecule has 0 atom stereocenters. The highest BCUT2D eigenvalue weighted by Gasteiger charge is 1.95. The number of benzene rings is 1. The molecule has 0 heterocycles. The average molecular weight is 313 g/mol. The summed E-state index contributed by atoms with van der Waals surface area (Å²) in [7, 11) is 0. The first-order chi connectivity index (χ1) is 8.68. The number of nitrogens with one attached hydrogen (secondary N) is 2. The van der Waals surface area contributed by atoms with Gasteiger partial charge in [-0.3, -0.25) is 0 Å². The monoisotopic (exact) mass is 312 g/mol.